The van der Waals surface area contributed by atoms with E-state index in [1.54, 1.807) is 21.1 Å². The molecule has 6 atom stereocenters. The summed E-state index contributed by atoms with van der Waals surface area (Å²) in [6.07, 6.45) is 2.87. The molecule has 0 aromatic heterocycles. The number of methoxy groups -OCH3 is 2. The Morgan fingerprint density at radius 3 is 2.37 bits per heavy atom. The Balaban J connectivity index is 1.80. The van der Waals surface area contributed by atoms with Crippen LogP contribution in [0.2, 0.25) is 0 Å². The summed E-state index contributed by atoms with van der Waals surface area (Å²) in [5, 5.41) is 7.29. The second-order valence-electron chi connectivity index (χ2n) is 9.94. The fraction of sp³-hybridized carbons (Fsp3) is 0.708. The molecule has 1 amide bonds. The predicted octanol–water partition coefficient (Wildman–Crippen LogP) is 3.45. The highest BCUT2D eigenvalue weighted by molar-refractivity contribution is 5.74. The number of rotatable bonds is 4. The Labute approximate surface area is 180 Å². The molecule has 30 heavy (non-hydrogen) atoms. The molecule has 3 fully saturated rings. The van der Waals surface area contributed by atoms with Crippen molar-refractivity contribution in [3.63, 3.8) is 0 Å². The summed E-state index contributed by atoms with van der Waals surface area (Å²) in [4.78, 5) is 12.4. The van der Waals surface area contributed by atoms with Gasteiger partial charge in [-0.25, -0.2) is 0 Å². The van der Waals surface area contributed by atoms with Gasteiger partial charge in [-0.1, -0.05) is 0 Å². The molecule has 2 heterocycles. The maximum absolute atomic E-state index is 12.4. The van der Waals surface area contributed by atoms with Gasteiger partial charge in [0.1, 0.15) is 11.5 Å². The minimum absolute atomic E-state index is 0.0411. The molecule has 0 spiro atoms. The first-order valence-electron chi connectivity index (χ1n) is 11.1. The smallest absolute Gasteiger partial charge is 0.217 e. The molecule has 4 rings (SSSR count). The normalized spacial score (nSPS) is 37.1. The largest absolute Gasteiger partial charge is 0.497 e. The van der Waals surface area contributed by atoms with Gasteiger partial charge in [-0.15, -0.1) is 0 Å². The molecule has 1 aromatic rings. The number of hydrogen-bond donors (Lipinski definition) is 2. The maximum Gasteiger partial charge on any atom is 0.217 e. The Hall–Kier alpha value is -1.79. The number of nitrogens with one attached hydrogen (secondary N) is 2. The molecule has 1 aromatic carbocycles. The Morgan fingerprint density at radius 2 is 1.77 bits per heavy atom. The van der Waals surface area contributed by atoms with Crippen LogP contribution in [0.3, 0.4) is 0 Å². The molecule has 3 aliphatic rings. The van der Waals surface area contributed by atoms with Crippen LogP contribution in [-0.4, -0.2) is 43.9 Å². The molecule has 2 bridgehead atoms. The van der Waals surface area contributed by atoms with Gasteiger partial charge in [-0.3, -0.25) is 4.79 Å². The van der Waals surface area contributed by atoms with E-state index >= 15 is 0 Å². The van der Waals surface area contributed by atoms with E-state index in [1.807, 2.05) is 18.2 Å². The van der Waals surface area contributed by atoms with Crippen LogP contribution in [0.5, 0.6) is 11.5 Å². The van der Waals surface area contributed by atoms with Crippen molar-refractivity contribution >= 4 is 5.91 Å². The highest BCUT2D eigenvalue weighted by atomic mass is 16.5. The lowest BCUT2D eigenvalue weighted by Gasteiger charge is -2.63. The van der Waals surface area contributed by atoms with Crippen LogP contribution in [0.15, 0.2) is 18.2 Å². The van der Waals surface area contributed by atoms with Crippen LogP contribution in [0, 0.1) is 17.8 Å². The van der Waals surface area contributed by atoms with Crippen molar-refractivity contribution in [2.24, 2.45) is 17.8 Å². The molecule has 1 aliphatic carbocycles. The first-order chi connectivity index (χ1) is 14.2. The monoisotopic (exact) mass is 416 g/mol. The van der Waals surface area contributed by atoms with Crippen LogP contribution >= 0.6 is 0 Å². The third-order valence-corrected chi connectivity index (χ3v) is 7.91. The van der Waals surface area contributed by atoms with Gasteiger partial charge < -0.3 is 24.8 Å². The lowest BCUT2D eigenvalue weighted by molar-refractivity contribution is -0.160. The van der Waals surface area contributed by atoms with Gasteiger partial charge in [0.2, 0.25) is 5.91 Å². The van der Waals surface area contributed by atoms with E-state index in [9.17, 15) is 4.79 Å². The maximum atomic E-state index is 12.4. The lowest BCUT2D eigenvalue weighted by atomic mass is 9.52. The zero-order valence-electron chi connectivity index (χ0n) is 19.1. The van der Waals surface area contributed by atoms with E-state index in [0.29, 0.717) is 24.5 Å². The zero-order chi connectivity index (χ0) is 21.7. The molecule has 0 radical (unpaired) electrons. The second-order valence-corrected chi connectivity index (χ2v) is 9.94. The van der Waals surface area contributed by atoms with E-state index in [4.69, 9.17) is 14.2 Å². The number of piperidine rings is 1. The topological polar surface area (TPSA) is 68.8 Å². The summed E-state index contributed by atoms with van der Waals surface area (Å²) in [7, 11) is 3.34. The standard InChI is InChI=1S/C24H36N2O4/c1-14-20-11-17(23(3,4)25-14)12-21-22(30-8-7-24(20,21)26-15(2)27)16-9-18(28-5)13-19(10-16)29-6/h9-10,13-14,17,20-22,25H,7-8,11-12H2,1-6H3,(H,26,27)/t14-,17?,20?,21+,22+,24+/m1/s1. The summed E-state index contributed by atoms with van der Waals surface area (Å²) >= 11 is 0. The van der Waals surface area contributed by atoms with Gasteiger partial charge in [0, 0.05) is 37.1 Å². The van der Waals surface area contributed by atoms with Crippen molar-refractivity contribution in [3.8, 4) is 11.5 Å². The van der Waals surface area contributed by atoms with Gasteiger partial charge in [0.15, 0.2) is 0 Å². The summed E-state index contributed by atoms with van der Waals surface area (Å²) in [5.74, 6) is 2.66. The molecular weight excluding hydrogens is 380 g/mol. The third kappa shape index (κ3) is 3.48. The van der Waals surface area contributed by atoms with E-state index in [0.717, 1.165) is 36.3 Å². The summed E-state index contributed by atoms with van der Waals surface area (Å²) < 4.78 is 17.5. The molecule has 2 aliphatic heterocycles. The number of ether oxygens (including phenoxy) is 3. The van der Waals surface area contributed by atoms with Gasteiger partial charge >= 0.3 is 0 Å². The van der Waals surface area contributed by atoms with Crippen LogP contribution < -0.4 is 20.1 Å². The Bertz CT molecular complexity index is 788. The van der Waals surface area contributed by atoms with E-state index in [2.05, 4.69) is 31.4 Å². The number of amides is 1. The Morgan fingerprint density at radius 1 is 1.13 bits per heavy atom. The van der Waals surface area contributed by atoms with Crippen molar-refractivity contribution in [2.75, 3.05) is 20.8 Å². The Kier molecular flexibility index (Phi) is 5.52. The van der Waals surface area contributed by atoms with Gasteiger partial charge in [0.05, 0.1) is 25.9 Å². The fourth-order valence-corrected chi connectivity index (χ4v) is 6.58. The van der Waals surface area contributed by atoms with Crippen molar-refractivity contribution in [2.45, 2.75) is 70.2 Å². The SMILES string of the molecule is COc1cc(OC)cc([C@@H]2OCC[C@]3(NC(C)=O)C4CC(C[C@@H]23)C(C)(C)N[C@@H]4C)c1. The van der Waals surface area contributed by atoms with Crippen molar-refractivity contribution in [1.29, 1.82) is 0 Å². The number of carbonyl (C=O) groups is 1. The molecule has 2 saturated heterocycles. The summed E-state index contributed by atoms with van der Waals surface area (Å²) in [6, 6.07) is 6.31. The second kappa shape index (κ2) is 7.72. The molecular formula is C24H36N2O4. The average molecular weight is 417 g/mol. The first-order valence-corrected chi connectivity index (χ1v) is 11.1. The number of hydrogen-bond acceptors (Lipinski definition) is 5. The fourth-order valence-electron chi connectivity index (χ4n) is 6.58. The zero-order valence-corrected chi connectivity index (χ0v) is 19.1. The van der Waals surface area contributed by atoms with Crippen LogP contribution in [-0.2, 0) is 9.53 Å². The van der Waals surface area contributed by atoms with E-state index < -0.39 is 0 Å². The van der Waals surface area contributed by atoms with Gasteiger partial charge in [-0.2, -0.15) is 0 Å². The quantitative estimate of drug-likeness (QED) is 0.787. The molecule has 166 valence electrons. The van der Waals surface area contributed by atoms with Crippen molar-refractivity contribution in [1.82, 2.24) is 10.6 Å². The highest BCUT2D eigenvalue weighted by Crippen LogP contribution is 2.57. The molecule has 1 saturated carbocycles. The lowest BCUT2D eigenvalue weighted by Crippen LogP contribution is -2.73. The minimum Gasteiger partial charge on any atom is -0.497 e. The van der Waals surface area contributed by atoms with Gasteiger partial charge in [0.25, 0.3) is 0 Å². The average Bonchev–Trinajstić information content (AvgIpc) is 2.70. The summed E-state index contributed by atoms with van der Waals surface area (Å²) in [6.45, 7) is 9.15. The van der Waals surface area contributed by atoms with Crippen LogP contribution in [0.4, 0.5) is 0 Å². The third-order valence-electron chi connectivity index (χ3n) is 7.91. The first kappa shape index (κ1) is 21.4. The number of benzene rings is 1. The van der Waals surface area contributed by atoms with Crippen molar-refractivity contribution < 1.29 is 19.0 Å². The van der Waals surface area contributed by atoms with Crippen LogP contribution in [0.1, 0.15) is 58.6 Å². The van der Waals surface area contributed by atoms with Crippen molar-refractivity contribution in [3.05, 3.63) is 23.8 Å². The molecule has 2 unspecified atom stereocenters. The van der Waals surface area contributed by atoms with Gasteiger partial charge in [-0.05, 0) is 69.6 Å². The number of carbonyl (C=O) groups excluding carboxylic acids is 1. The minimum atomic E-state index is -0.273. The molecule has 6 nitrogen and oxygen atoms in total. The molecule has 6 heteroatoms. The van der Waals surface area contributed by atoms with E-state index in [1.165, 1.54) is 0 Å². The highest BCUT2D eigenvalue weighted by Gasteiger charge is 2.61. The molecule has 2 N–H and O–H groups in total. The summed E-state index contributed by atoms with van der Waals surface area (Å²) in [5.41, 5.74) is 0.848. The number of fused-ring (bicyclic) bond motifs is 4. The predicted molar refractivity (Wildman–Crippen MR) is 116 cm³/mol. The van der Waals surface area contributed by atoms with E-state index in [-0.39, 0.29) is 29.0 Å². The van der Waals surface area contributed by atoms with Crippen LogP contribution in [0.25, 0.3) is 0 Å².